The Kier molecular flexibility index (Phi) is 5.06. The van der Waals surface area contributed by atoms with Gasteiger partial charge in [0.2, 0.25) is 0 Å². The highest BCUT2D eigenvalue weighted by atomic mass is 35.5. The molecular weight excluding hydrogens is 306 g/mol. The van der Waals surface area contributed by atoms with Crippen LogP contribution in [0.25, 0.3) is 0 Å². The van der Waals surface area contributed by atoms with Gasteiger partial charge in [-0.2, -0.15) is 0 Å². The number of hydrogen-bond donors (Lipinski definition) is 1. The average molecular weight is 336 g/mol. The molecule has 1 saturated heterocycles. The zero-order chi connectivity index (χ0) is 16.5. The first-order valence-electron chi connectivity index (χ1n) is 9.02. The van der Waals surface area contributed by atoms with Crippen molar-refractivity contribution >= 4 is 11.6 Å². The molecule has 2 aliphatic rings. The predicted octanol–water partition coefficient (Wildman–Crippen LogP) is 4.95. The highest BCUT2D eigenvalue weighted by Gasteiger charge is 2.42. The summed E-state index contributed by atoms with van der Waals surface area (Å²) < 4.78 is 5.82. The summed E-state index contributed by atoms with van der Waals surface area (Å²) in [5, 5.41) is 4.62. The molecule has 1 aromatic rings. The van der Waals surface area contributed by atoms with Crippen molar-refractivity contribution in [3.8, 4) is 0 Å². The Balaban J connectivity index is 1.59. The molecule has 0 bridgehead atoms. The molecule has 23 heavy (non-hydrogen) atoms. The average Bonchev–Trinajstić information content (AvgIpc) is 3.31. The molecule has 3 rings (SSSR count). The lowest BCUT2D eigenvalue weighted by Crippen LogP contribution is -2.45. The van der Waals surface area contributed by atoms with Gasteiger partial charge in [-0.3, -0.25) is 0 Å². The molecule has 0 spiro atoms. The fourth-order valence-corrected chi connectivity index (χ4v) is 4.20. The number of halogens is 1. The van der Waals surface area contributed by atoms with Crippen molar-refractivity contribution < 1.29 is 4.74 Å². The second kappa shape index (κ2) is 6.74. The SMILES string of the molecule is CC1(C)CC(NCCC(C)(c2ccc(Cl)cc2)C2CC2)CCO1. The Bertz CT molecular complexity index is 523. The van der Waals surface area contributed by atoms with Crippen molar-refractivity contribution in [2.24, 2.45) is 5.92 Å². The summed E-state index contributed by atoms with van der Waals surface area (Å²) in [7, 11) is 0. The summed E-state index contributed by atoms with van der Waals surface area (Å²) >= 11 is 6.07. The van der Waals surface area contributed by atoms with Crippen LogP contribution in [0, 0.1) is 5.92 Å². The lowest BCUT2D eigenvalue weighted by atomic mass is 9.75. The Morgan fingerprint density at radius 3 is 2.52 bits per heavy atom. The third kappa shape index (κ3) is 4.29. The summed E-state index contributed by atoms with van der Waals surface area (Å²) in [6.45, 7) is 8.79. The van der Waals surface area contributed by atoms with Crippen molar-refractivity contribution in [1.29, 1.82) is 0 Å². The number of ether oxygens (including phenoxy) is 1. The van der Waals surface area contributed by atoms with Crippen LogP contribution in [0.3, 0.4) is 0 Å². The van der Waals surface area contributed by atoms with Crippen molar-refractivity contribution in [1.82, 2.24) is 5.32 Å². The van der Waals surface area contributed by atoms with Crippen molar-refractivity contribution in [2.75, 3.05) is 13.2 Å². The highest BCUT2D eigenvalue weighted by molar-refractivity contribution is 6.30. The quantitative estimate of drug-likeness (QED) is 0.794. The first-order chi connectivity index (χ1) is 10.9. The molecule has 1 heterocycles. The van der Waals surface area contributed by atoms with Crippen LogP contribution in [0.4, 0.5) is 0 Å². The van der Waals surface area contributed by atoms with Gasteiger partial charge in [0.25, 0.3) is 0 Å². The number of rotatable bonds is 6. The zero-order valence-electron chi connectivity index (χ0n) is 14.7. The second-order valence-corrected chi connectivity index (χ2v) is 8.64. The van der Waals surface area contributed by atoms with Crippen LogP contribution in [0.15, 0.2) is 24.3 Å². The minimum absolute atomic E-state index is 0.0197. The minimum Gasteiger partial charge on any atom is -0.375 e. The normalized spacial score (nSPS) is 26.7. The number of hydrogen-bond acceptors (Lipinski definition) is 2. The van der Waals surface area contributed by atoms with Crippen LogP contribution >= 0.6 is 11.6 Å². The minimum atomic E-state index is 0.0197. The molecule has 0 amide bonds. The van der Waals surface area contributed by atoms with Crippen LogP contribution in [0.1, 0.15) is 58.4 Å². The smallest absolute Gasteiger partial charge is 0.0641 e. The zero-order valence-corrected chi connectivity index (χ0v) is 15.5. The van der Waals surface area contributed by atoms with Gasteiger partial charge in [0.15, 0.2) is 0 Å². The maximum absolute atomic E-state index is 6.07. The van der Waals surface area contributed by atoms with E-state index in [1.165, 1.54) is 24.8 Å². The first-order valence-corrected chi connectivity index (χ1v) is 9.40. The molecule has 2 atom stereocenters. The van der Waals surface area contributed by atoms with Crippen LogP contribution in [0.5, 0.6) is 0 Å². The molecule has 1 aliphatic carbocycles. The van der Waals surface area contributed by atoms with Gasteiger partial charge >= 0.3 is 0 Å². The standard InChI is InChI=1S/C20H30ClNO/c1-19(2)14-18(10-13-23-19)22-12-11-20(3,15-4-5-15)16-6-8-17(21)9-7-16/h6-9,15,18,22H,4-5,10-14H2,1-3H3. The molecule has 0 aromatic heterocycles. The van der Waals surface area contributed by atoms with Crippen LogP contribution in [-0.2, 0) is 10.2 Å². The van der Waals surface area contributed by atoms with E-state index in [1.54, 1.807) is 0 Å². The molecule has 0 radical (unpaired) electrons. The van der Waals surface area contributed by atoms with Crippen molar-refractivity contribution in [3.63, 3.8) is 0 Å². The number of nitrogens with one attached hydrogen (secondary N) is 1. The number of benzene rings is 1. The van der Waals surface area contributed by atoms with E-state index in [4.69, 9.17) is 16.3 Å². The molecule has 1 aliphatic heterocycles. The Hall–Kier alpha value is -0.570. The molecule has 1 aromatic carbocycles. The Morgan fingerprint density at radius 2 is 1.91 bits per heavy atom. The lowest BCUT2D eigenvalue weighted by Gasteiger charge is -2.37. The van der Waals surface area contributed by atoms with Gasteiger partial charge in [0, 0.05) is 17.7 Å². The fraction of sp³-hybridized carbons (Fsp3) is 0.700. The van der Waals surface area contributed by atoms with Gasteiger partial charge in [-0.25, -0.2) is 0 Å². The Morgan fingerprint density at radius 1 is 1.22 bits per heavy atom. The maximum Gasteiger partial charge on any atom is 0.0641 e. The third-order valence-corrected chi connectivity index (χ3v) is 6.01. The molecule has 2 unspecified atom stereocenters. The van der Waals surface area contributed by atoms with Gasteiger partial charge in [-0.1, -0.05) is 30.7 Å². The van der Waals surface area contributed by atoms with Gasteiger partial charge < -0.3 is 10.1 Å². The second-order valence-electron chi connectivity index (χ2n) is 8.20. The van der Waals surface area contributed by atoms with Crippen molar-refractivity contribution in [3.05, 3.63) is 34.9 Å². The van der Waals surface area contributed by atoms with Crippen LogP contribution < -0.4 is 5.32 Å². The van der Waals surface area contributed by atoms with Crippen LogP contribution in [-0.4, -0.2) is 24.8 Å². The molecule has 2 nitrogen and oxygen atoms in total. The fourth-order valence-electron chi connectivity index (χ4n) is 4.08. The molecule has 2 fully saturated rings. The van der Waals surface area contributed by atoms with E-state index in [9.17, 15) is 0 Å². The summed E-state index contributed by atoms with van der Waals surface area (Å²) in [5.74, 6) is 0.830. The van der Waals surface area contributed by atoms with E-state index < -0.39 is 0 Å². The van der Waals surface area contributed by atoms with Gasteiger partial charge in [0.1, 0.15) is 0 Å². The van der Waals surface area contributed by atoms with E-state index in [1.807, 2.05) is 12.1 Å². The summed E-state index contributed by atoms with van der Waals surface area (Å²) in [5.41, 5.74) is 1.74. The maximum atomic E-state index is 6.07. The van der Waals surface area contributed by atoms with E-state index in [-0.39, 0.29) is 11.0 Å². The third-order valence-electron chi connectivity index (χ3n) is 5.76. The predicted molar refractivity (Wildman–Crippen MR) is 97.2 cm³/mol. The van der Waals surface area contributed by atoms with Crippen molar-refractivity contribution in [2.45, 2.75) is 69.9 Å². The summed E-state index contributed by atoms with van der Waals surface area (Å²) in [6, 6.07) is 9.10. The largest absolute Gasteiger partial charge is 0.375 e. The topological polar surface area (TPSA) is 21.3 Å². The van der Waals surface area contributed by atoms with Gasteiger partial charge in [-0.05, 0) is 81.5 Å². The molecule has 3 heteroatoms. The van der Waals surface area contributed by atoms with Gasteiger partial charge in [-0.15, -0.1) is 0 Å². The van der Waals surface area contributed by atoms with E-state index in [2.05, 4.69) is 38.2 Å². The van der Waals surface area contributed by atoms with Crippen LogP contribution in [0.2, 0.25) is 5.02 Å². The van der Waals surface area contributed by atoms with Gasteiger partial charge in [0.05, 0.1) is 5.60 Å². The first kappa shape index (κ1) is 17.3. The van der Waals surface area contributed by atoms with E-state index in [0.29, 0.717) is 6.04 Å². The Labute approximate surface area is 145 Å². The highest BCUT2D eigenvalue weighted by Crippen LogP contribution is 2.49. The van der Waals surface area contributed by atoms with E-state index in [0.717, 1.165) is 36.9 Å². The monoisotopic (exact) mass is 335 g/mol. The molecule has 1 saturated carbocycles. The summed E-state index contributed by atoms with van der Waals surface area (Å²) in [4.78, 5) is 0. The summed E-state index contributed by atoms with van der Waals surface area (Å²) in [6.07, 6.45) is 6.16. The molecule has 1 N–H and O–H groups in total. The van der Waals surface area contributed by atoms with E-state index >= 15 is 0 Å². The molecular formula is C20H30ClNO. The lowest BCUT2D eigenvalue weighted by molar-refractivity contribution is -0.0629. The molecule has 128 valence electrons.